The van der Waals surface area contributed by atoms with Gasteiger partial charge in [0.2, 0.25) is 0 Å². The van der Waals surface area contributed by atoms with E-state index in [0.29, 0.717) is 24.0 Å². The molecule has 11 heteroatoms. The molecule has 31 heavy (non-hydrogen) atoms. The fourth-order valence-corrected chi connectivity index (χ4v) is 3.61. The Morgan fingerprint density at radius 2 is 1.74 bits per heavy atom. The van der Waals surface area contributed by atoms with Gasteiger partial charge in [-0.15, -0.1) is 0 Å². The molecular weight excluding hydrogens is 439 g/mol. The van der Waals surface area contributed by atoms with Crippen LogP contribution in [0, 0.1) is 10.1 Å². The molecule has 2 aromatic carbocycles. The summed E-state index contributed by atoms with van der Waals surface area (Å²) in [6, 6.07) is 14.9. The molecule has 2 atom stereocenters. The molecule has 2 unspecified atom stereocenters. The van der Waals surface area contributed by atoms with Gasteiger partial charge in [0.1, 0.15) is 6.10 Å². The summed E-state index contributed by atoms with van der Waals surface area (Å²) in [5, 5.41) is 10.9. The van der Waals surface area contributed by atoms with Crippen LogP contribution in [0.3, 0.4) is 0 Å². The second-order valence-electron chi connectivity index (χ2n) is 6.77. The zero-order valence-electron chi connectivity index (χ0n) is 16.0. The van der Waals surface area contributed by atoms with Gasteiger partial charge in [0.25, 0.3) is 5.69 Å². The van der Waals surface area contributed by atoms with Gasteiger partial charge >= 0.3 is 15.6 Å². The van der Waals surface area contributed by atoms with Gasteiger partial charge in [-0.05, 0) is 41.7 Å². The molecule has 166 valence electrons. The molecule has 0 aliphatic carbocycles. The highest BCUT2D eigenvalue weighted by Crippen LogP contribution is 2.42. The Morgan fingerprint density at radius 1 is 1.10 bits per heavy atom. The average Bonchev–Trinajstić information content (AvgIpc) is 2.74. The zero-order valence-corrected chi connectivity index (χ0v) is 16.8. The smallest absolute Gasteiger partial charge is 0.361 e. The van der Waals surface area contributed by atoms with Crippen LogP contribution in [0.2, 0.25) is 0 Å². The standard InChI is InChI=1S/C20H18F3NO6S/c21-20(22,23)31(27,28)29-13-12-16-8-11-18(14-4-2-1-3-5-14)30-19(16)15-6-9-17(10-7-15)24(25)26/h1-7,9-10,12,18-19H,8,11,13H2/b16-12+. The van der Waals surface area contributed by atoms with Crippen LogP contribution in [0.25, 0.3) is 0 Å². The van der Waals surface area contributed by atoms with Crippen molar-refractivity contribution in [2.45, 2.75) is 30.6 Å². The van der Waals surface area contributed by atoms with Crippen LogP contribution in [0.5, 0.6) is 0 Å². The Bertz CT molecular complexity index is 1050. The maximum atomic E-state index is 12.5. The fraction of sp³-hybridized carbons (Fsp3) is 0.300. The first-order valence-corrected chi connectivity index (χ1v) is 10.6. The van der Waals surface area contributed by atoms with Crippen LogP contribution in [0.4, 0.5) is 18.9 Å². The van der Waals surface area contributed by atoms with E-state index in [-0.39, 0.29) is 11.8 Å². The number of ether oxygens (including phenoxy) is 1. The Balaban J connectivity index is 1.85. The molecule has 0 amide bonds. The van der Waals surface area contributed by atoms with E-state index in [1.807, 2.05) is 30.3 Å². The molecule has 0 saturated carbocycles. The minimum Gasteiger partial charge on any atom is -0.361 e. The largest absolute Gasteiger partial charge is 0.523 e. The van der Waals surface area contributed by atoms with Crippen molar-refractivity contribution in [1.29, 1.82) is 0 Å². The number of benzene rings is 2. The van der Waals surface area contributed by atoms with Gasteiger partial charge in [-0.3, -0.25) is 14.3 Å². The lowest BCUT2D eigenvalue weighted by Crippen LogP contribution is -2.26. The van der Waals surface area contributed by atoms with Gasteiger partial charge in [-0.2, -0.15) is 21.6 Å². The number of nitro groups is 1. The highest BCUT2D eigenvalue weighted by molar-refractivity contribution is 7.87. The Hall–Kier alpha value is -2.76. The van der Waals surface area contributed by atoms with E-state index in [1.54, 1.807) is 0 Å². The number of halogens is 3. The molecule has 1 saturated heterocycles. The van der Waals surface area contributed by atoms with Crippen molar-refractivity contribution in [3.63, 3.8) is 0 Å². The SMILES string of the molecule is O=[N+]([O-])c1ccc(C2OC(c3ccccc3)CC/C2=C\COS(=O)(=O)C(F)(F)F)cc1. The van der Waals surface area contributed by atoms with Gasteiger partial charge in [0, 0.05) is 12.1 Å². The van der Waals surface area contributed by atoms with Crippen molar-refractivity contribution in [3.8, 4) is 0 Å². The zero-order chi connectivity index (χ0) is 22.6. The molecule has 1 aliphatic rings. The predicted molar refractivity (Wildman–Crippen MR) is 104 cm³/mol. The van der Waals surface area contributed by atoms with Crippen LogP contribution in [-0.4, -0.2) is 25.5 Å². The van der Waals surface area contributed by atoms with Crippen LogP contribution in [-0.2, 0) is 19.0 Å². The van der Waals surface area contributed by atoms with E-state index in [4.69, 9.17) is 4.74 Å². The maximum absolute atomic E-state index is 12.5. The van der Waals surface area contributed by atoms with Crippen molar-refractivity contribution in [2.24, 2.45) is 0 Å². The first-order valence-electron chi connectivity index (χ1n) is 9.18. The lowest BCUT2D eigenvalue weighted by molar-refractivity contribution is -0.384. The molecule has 1 heterocycles. The number of nitrogens with zero attached hydrogens (tertiary/aromatic N) is 1. The van der Waals surface area contributed by atoms with Crippen LogP contribution < -0.4 is 0 Å². The normalized spacial score (nSPS) is 21.2. The molecule has 2 aromatic rings. The number of hydrogen-bond acceptors (Lipinski definition) is 6. The monoisotopic (exact) mass is 457 g/mol. The lowest BCUT2D eigenvalue weighted by Gasteiger charge is -2.33. The second kappa shape index (κ2) is 9.16. The summed E-state index contributed by atoms with van der Waals surface area (Å²) in [5.41, 5.74) is -3.65. The molecule has 0 bridgehead atoms. The summed E-state index contributed by atoms with van der Waals surface area (Å²) in [4.78, 5) is 10.4. The van der Waals surface area contributed by atoms with E-state index in [1.165, 1.54) is 30.3 Å². The highest BCUT2D eigenvalue weighted by Gasteiger charge is 2.47. The van der Waals surface area contributed by atoms with Crippen molar-refractivity contribution < 1.29 is 35.4 Å². The van der Waals surface area contributed by atoms with E-state index in [0.717, 1.165) is 5.56 Å². The quantitative estimate of drug-likeness (QED) is 0.200. The Labute approximate surface area is 176 Å². The van der Waals surface area contributed by atoms with E-state index < -0.39 is 33.3 Å². The predicted octanol–water partition coefficient (Wildman–Crippen LogP) is 4.98. The third-order valence-electron chi connectivity index (χ3n) is 4.76. The molecule has 7 nitrogen and oxygen atoms in total. The summed E-state index contributed by atoms with van der Waals surface area (Å²) in [7, 11) is -5.71. The van der Waals surface area contributed by atoms with E-state index in [9.17, 15) is 31.7 Å². The van der Waals surface area contributed by atoms with E-state index in [2.05, 4.69) is 4.18 Å². The molecule has 0 spiro atoms. The van der Waals surface area contributed by atoms with Gasteiger partial charge in [-0.1, -0.05) is 36.4 Å². The van der Waals surface area contributed by atoms with Crippen LogP contribution in [0.1, 0.15) is 36.2 Å². The third kappa shape index (κ3) is 5.49. The molecule has 0 radical (unpaired) electrons. The van der Waals surface area contributed by atoms with Crippen molar-refractivity contribution in [3.05, 3.63) is 87.5 Å². The first kappa shape index (κ1) is 22.9. The molecular formula is C20H18F3NO6S. The van der Waals surface area contributed by atoms with Crippen LogP contribution in [0.15, 0.2) is 66.2 Å². The molecule has 0 aromatic heterocycles. The Kier molecular flexibility index (Phi) is 6.77. The second-order valence-corrected chi connectivity index (χ2v) is 8.37. The fourth-order valence-electron chi connectivity index (χ4n) is 3.23. The van der Waals surface area contributed by atoms with Gasteiger partial charge in [0.15, 0.2) is 0 Å². The average molecular weight is 457 g/mol. The number of hydrogen-bond donors (Lipinski definition) is 0. The van der Waals surface area contributed by atoms with Gasteiger partial charge in [-0.25, -0.2) is 0 Å². The Morgan fingerprint density at radius 3 is 2.32 bits per heavy atom. The molecule has 1 aliphatic heterocycles. The van der Waals surface area contributed by atoms with Crippen molar-refractivity contribution in [2.75, 3.05) is 6.61 Å². The topological polar surface area (TPSA) is 95.7 Å². The number of alkyl halides is 3. The lowest BCUT2D eigenvalue weighted by atomic mass is 9.90. The number of rotatable bonds is 6. The summed E-state index contributed by atoms with van der Waals surface area (Å²) in [5.74, 6) is 0. The van der Waals surface area contributed by atoms with E-state index >= 15 is 0 Å². The first-order chi connectivity index (χ1) is 14.6. The highest BCUT2D eigenvalue weighted by atomic mass is 32.2. The number of non-ortho nitro benzene ring substituents is 1. The van der Waals surface area contributed by atoms with Gasteiger partial charge < -0.3 is 4.74 Å². The van der Waals surface area contributed by atoms with Crippen molar-refractivity contribution >= 4 is 15.8 Å². The molecule has 3 rings (SSSR count). The summed E-state index contributed by atoms with van der Waals surface area (Å²) in [6.45, 7) is -0.806. The minimum absolute atomic E-state index is 0.121. The summed E-state index contributed by atoms with van der Waals surface area (Å²) in [6.07, 6.45) is 1.15. The summed E-state index contributed by atoms with van der Waals surface area (Å²) < 4.78 is 69.9. The molecule has 0 N–H and O–H groups in total. The van der Waals surface area contributed by atoms with Crippen molar-refractivity contribution in [1.82, 2.24) is 0 Å². The third-order valence-corrected chi connectivity index (χ3v) is 5.78. The van der Waals surface area contributed by atoms with Gasteiger partial charge in [0.05, 0.1) is 17.6 Å². The van der Waals surface area contributed by atoms with Crippen LogP contribution >= 0.6 is 0 Å². The summed E-state index contributed by atoms with van der Waals surface area (Å²) >= 11 is 0. The maximum Gasteiger partial charge on any atom is 0.523 e. The molecule has 1 fully saturated rings. The minimum atomic E-state index is -5.71. The number of nitro benzene ring substituents is 1.